The average molecular weight is 341 g/mol. The fourth-order valence-electron chi connectivity index (χ4n) is 2.65. The number of hydrogen-bond acceptors (Lipinski definition) is 5. The highest BCUT2D eigenvalue weighted by molar-refractivity contribution is 5.91. The molecule has 25 heavy (non-hydrogen) atoms. The van der Waals surface area contributed by atoms with Gasteiger partial charge in [-0.15, -0.1) is 0 Å². The van der Waals surface area contributed by atoms with Gasteiger partial charge in [-0.3, -0.25) is 0 Å². The number of ether oxygens (including phenoxy) is 3. The maximum atomic E-state index is 14.1. The van der Waals surface area contributed by atoms with E-state index in [0.29, 0.717) is 33.7 Å². The quantitative estimate of drug-likeness (QED) is 0.785. The molecule has 0 spiro atoms. The summed E-state index contributed by atoms with van der Waals surface area (Å²) in [6, 6.07) is 11.1. The van der Waals surface area contributed by atoms with Gasteiger partial charge in [0.05, 0.1) is 11.2 Å². The van der Waals surface area contributed by atoms with Crippen LogP contribution in [0, 0.1) is 5.82 Å². The van der Waals surface area contributed by atoms with Gasteiger partial charge in [-0.1, -0.05) is 12.1 Å². The first-order valence-corrected chi connectivity index (χ1v) is 7.46. The van der Waals surface area contributed by atoms with Gasteiger partial charge in [0, 0.05) is 23.1 Å². The molecule has 7 heteroatoms. The molecule has 6 nitrogen and oxygen atoms in total. The van der Waals surface area contributed by atoms with Gasteiger partial charge < -0.3 is 19.3 Å². The Hall–Kier alpha value is -3.35. The topological polar surface area (TPSA) is 77.9 Å². The molecule has 0 bridgehead atoms. The van der Waals surface area contributed by atoms with Crippen molar-refractivity contribution in [3.63, 3.8) is 0 Å². The number of carboxylic acids is 1. The van der Waals surface area contributed by atoms with Crippen molar-refractivity contribution in [3.8, 4) is 28.5 Å². The Kier molecular flexibility index (Phi) is 3.61. The van der Waals surface area contributed by atoms with Crippen molar-refractivity contribution < 1.29 is 28.5 Å². The van der Waals surface area contributed by atoms with Crippen molar-refractivity contribution in [2.45, 2.75) is 0 Å². The lowest BCUT2D eigenvalue weighted by atomic mass is 10.1. The summed E-state index contributed by atoms with van der Waals surface area (Å²) in [5.74, 6) is -0.218. The molecule has 0 radical (unpaired) electrons. The highest BCUT2D eigenvalue weighted by Crippen LogP contribution is 2.40. The first-order valence-electron chi connectivity index (χ1n) is 7.46. The molecule has 1 N–H and O–H groups in total. The van der Waals surface area contributed by atoms with Crippen molar-refractivity contribution in [2.75, 3.05) is 13.4 Å². The molecule has 0 saturated carbocycles. The first-order chi connectivity index (χ1) is 12.1. The molecule has 0 unspecified atom stereocenters. The predicted octanol–water partition coefficient (Wildman–Crippen LogP) is 3.23. The van der Waals surface area contributed by atoms with Gasteiger partial charge in [-0.2, -0.15) is 0 Å². The zero-order valence-electron chi connectivity index (χ0n) is 12.9. The SMILES string of the molecule is O=C(O)COc1cc(-c2ccccc2F)nc2cc3c(cc12)OCO3. The summed E-state index contributed by atoms with van der Waals surface area (Å²) >= 11 is 0. The third kappa shape index (κ3) is 2.80. The Morgan fingerprint density at radius 2 is 1.96 bits per heavy atom. The highest BCUT2D eigenvalue weighted by atomic mass is 19.1. The van der Waals surface area contributed by atoms with Crippen molar-refractivity contribution >= 4 is 16.9 Å². The van der Waals surface area contributed by atoms with E-state index in [4.69, 9.17) is 19.3 Å². The van der Waals surface area contributed by atoms with Crippen molar-refractivity contribution in [2.24, 2.45) is 0 Å². The van der Waals surface area contributed by atoms with Crippen LogP contribution in [-0.2, 0) is 4.79 Å². The molecule has 4 rings (SSSR count). The molecule has 0 atom stereocenters. The number of halogens is 1. The first kappa shape index (κ1) is 15.2. The zero-order chi connectivity index (χ0) is 17.4. The highest BCUT2D eigenvalue weighted by Gasteiger charge is 2.19. The standard InChI is InChI=1S/C18H12FNO5/c19-12-4-2-1-3-10(12)13-6-15(23-8-18(21)22)11-5-16-17(25-9-24-16)7-14(11)20-13/h1-7H,8-9H2,(H,21,22). The smallest absolute Gasteiger partial charge is 0.341 e. The third-order valence-electron chi connectivity index (χ3n) is 3.77. The lowest BCUT2D eigenvalue weighted by molar-refractivity contribution is -0.139. The lowest BCUT2D eigenvalue weighted by Crippen LogP contribution is -2.10. The van der Waals surface area contributed by atoms with Crippen LogP contribution in [0.25, 0.3) is 22.2 Å². The van der Waals surface area contributed by atoms with Crippen LogP contribution in [0.15, 0.2) is 42.5 Å². The van der Waals surface area contributed by atoms with Gasteiger partial charge in [0.1, 0.15) is 11.6 Å². The van der Waals surface area contributed by atoms with E-state index < -0.39 is 18.4 Å². The van der Waals surface area contributed by atoms with Gasteiger partial charge in [0.25, 0.3) is 0 Å². The number of rotatable bonds is 4. The second-order valence-corrected chi connectivity index (χ2v) is 5.39. The molecule has 2 aromatic carbocycles. The third-order valence-corrected chi connectivity index (χ3v) is 3.77. The van der Waals surface area contributed by atoms with Gasteiger partial charge in [0.2, 0.25) is 6.79 Å². The number of carbonyl (C=O) groups is 1. The van der Waals surface area contributed by atoms with Crippen LogP contribution in [0.2, 0.25) is 0 Å². The van der Waals surface area contributed by atoms with Crippen molar-refractivity contribution in [3.05, 3.63) is 48.3 Å². The fraction of sp³-hybridized carbons (Fsp3) is 0.111. The van der Waals surface area contributed by atoms with E-state index >= 15 is 0 Å². The van der Waals surface area contributed by atoms with E-state index in [1.54, 1.807) is 30.3 Å². The fourth-order valence-corrected chi connectivity index (χ4v) is 2.65. The van der Waals surface area contributed by atoms with Crippen LogP contribution in [0.3, 0.4) is 0 Å². The second-order valence-electron chi connectivity index (χ2n) is 5.39. The maximum Gasteiger partial charge on any atom is 0.341 e. The van der Waals surface area contributed by atoms with Gasteiger partial charge in [-0.25, -0.2) is 14.2 Å². The summed E-state index contributed by atoms with van der Waals surface area (Å²) in [6.07, 6.45) is 0. The van der Waals surface area contributed by atoms with Crippen molar-refractivity contribution in [1.29, 1.82) is 0 Å². The van der Waals surface area contributed by atoms with Crippen LogP contribution >= 0.6 is 0 Å². The number of benzene rings is 2. The monoisotopic (exact) mass is 341 g/mol. The minimum atomic E-state index is -1.11. The largest absolute Gasteiger partial charge is 0.481 e. The Morgan fingerprint density at radius 3 is 2.72 bits per heavy atom. The lowest BCUT2D eigenvalue weighted by Gasteiger charge is -2.11. The van der Waals surface area contributed by atoms with Crippen LogP contribution < -0.4 is 14.2 Å². The molecule has 1 aliphatic rings. The number of nitrogens with zero attached hydrogens (tertiary/aromatic N) is 1. The summed E-state index contributed by atoms with van der Waals surface area (Å²) in [6.45, 7) is -0.429. The molecular weight excluding hydrogens is 329 g/mol. The number of fused-ring (bicyclic) bond motifs is 2. The molecule has 3 aromatic rings. The minimum absolute atomic E-state index is 0.0944. The van der Waals surface area contributed by atoms with Crippen LogP contribution in [-0.4, -0.2) is 29.5 Å². The maximum absolute atomic E-state index is 14.1. The molecule has 1 aliphatic heterocycles. The summed E-state index contributed by atoms with van der Waals surface area (Å²) in [5.41, 5.74) is 1.12. The molecule has 0 aliphatic carbocycles. The Balaban J connectivity index is 1.91. The van der Waals surface area contributed by atoms with E-state index in [-0.39, 0.29) is 12.5 Å². The van der Waals surface area contributed by atoms with Crippen LogP contribution in [0.4, 0.5) is 4.39 Å². The average Bonchev–Trinajstić information content (AvgIpc) is 3.05. The molecular formula is C18H12FNO5. The summed E-state index contributed by atoms with van der Waals surface area (Å²) in [5, 5.41) is 9.45. The number of pyridine rings is 1. The normalized spacial score (nSPS) is 12.4. The Labute approximate surface area is 141 Å². The predicted molar refractivity (Wildman–Crippen MR) is 86.4 cm³/mol. The molecule has 1 aromatic heterocycles. The molecule has 126 valence electrons. The summed E-state index contributed by atoms with van der Waals surface area (Å²) in [7, 11) is 0. The number of aromatic nitrogens is 1. The number of hydrogen-bond donors (Lipinski definition) is 1. The van der Waals surface area contributed by atoms with E-state index in [2.05, 4.69) is 4.98 Å². The molecule has 0 fully saturated rings. The Morgan fingerprint density at radius 1 is 1.20 bits per heavy atom. The molecule has 2 heterocycles. The van der Waals surface area contributed by atoms with Gasteiger partial charge >= 0.3 is 5.97 Å². The number of aliphatic carboxylic acids is 1. The van der Waals surface area contributed by atoms with Crippen molar-refractivity contribution in [1.82, 2.24) is 4.98 Å². The number of carboxylic acid groups (broad SMARTS) is 1. The van der Waals surface area contributed by atoms with E-state index in [0.717, 1.165) is 0 Å². The van der Waals surface area contributed by atoms with Crippen LogP contribution in [0.5, 0.6) is 17.2 Å². The zero-order valence-corrected chi connectivity index (χ0v) is 12.9. The van der Waals surface area contributed by atoms with Gasteiger partial charge in [-0.05, 0) is 18.2 Å². The Bertz CT molecular complexity index is 989. The van der Waals surface area contributed by atoms with E-state index in [9.17, 15) is 9.18 Å². The van der Waals surface area contributed by atoms with Gasteiger partial charge in [0.15, 0.2) is 18.1 Å². The minimum Gasteiger partial charge on any atom is -0.481 e. The van der Waals surface area contributed by atoms with E-state index in [1.165, 1.54) is 12.1 Å². The molecule has 0 amide bonds. The van der Waals surface area contributed by atoms with Crippen LogP contribution in [0.1, 0.15) is 0 Å². The second kappa shape index (κ2) is 5.94. The summed E-state index contributed by atoms with van der Waals surface area (Å²) < 4.78 is 30.2. The molecule has 0 saturated heterocycles. The summed E-state index contributed by atoms with van der Waals surface area (Å²) in [4.78, 5) is 15.3. The van der Waals surface area contributed by atoms with E-state index in [1.807, 2.05) is 0 Å².